The highest BCUT2D eigenvalue weighted by Gasteiger charge is 2.59. The summed E-state index contributed by atoms with van der Waals surface area (Å²) in [6.07, 6.45) is 27.0. The van der Waals surface area contributed by atoms with Crippen LogP contribution in [-0.4, -0.2) is 18.0 Å². The first-order valence-electron chi connectivity index (χ1n) is 22.9. The van der Waals surface area contributed by atoms with Gasteiger partial charge in [-0.2, -0.15) is 0 Å². The fourth-order valence-electron chi connectivity index (χ4n) is 12.2. The number of amides is 1. The number of anilines is 1. The number of hydrogen-bond donors (Lipinski definition) is 1. The van der Waals surface area contributed by atoms with Gasteiger partial charge in [0.15, 0.2) is 0 Å². The van der Waals surface area contributed by atoms with E-state index in [4.69, 9.17) is 4.74 Å². The maximum atomic E-state index is 13.4. The smallest absolute Gasteiger partial charge is 0.338 e. The van der Waals surface area contributed by atoms with Crippen molar-refractivity contribution in [3.05, 3.63) is 65.7 Å². The topological polar surface area (TPSA) is 55.4 Å². The van der Waals surface area contributed by atoms with Crippen molar-refractivity contribution in [1.29, 1.82) is 0 Å². The lowest BCUT2D eigenvalue weighted by molar-refractivity contribution is -0.116. The average molecular weight is 750 g/mol. The van der Waals surface area contributed by atoms with Crippen LogP contribution in [-0.2, 0) is 9.53 Å². The van der Waals surface area contributed by atoms with Crippen molar-refractivity contribution in [2.24, 2.45) is 46.3 Å². The van der Waals surface area contributed by atoms with Crippen LogP contribution >= 0.6 is 0 Å². The summed E-state index contributed by atoms with van der Waals surface area (Å²) < 4.78 is 6.22. The number of nitrogens with one attached hydrogen (secondary N) is 1. The van der Waals surface area contributed by atoms with Crippen LogP contribution in [0.4, 0.5) is 5.69 Å². The fraction of sp³-hybridized carbons (Fsp3) is 0.686. The van der Waals surface area contributed by atoms with Crippen LogP contribution in [0, 0.1) is 46.3 Å². The lowest BCUT2D eigenvalue weighted by Crippen LogP contribution is -2.51. The first kappa shape index (κ1) is 41.7. The molecule has 2 aromatic carbocycles. The van der Waals surface area contributed by atoms with Gasteiger partial charge >= 0.3 is 5.97 Å². The molecule has 55 heavy (non-hydrogen) atoms. The molecule has 0 aromatic heterocycles. The summed E-state index contributed by atoms with van der Waals surface area (Å²) in [5.41, 5.74) is 5.87. The normalized spacial score (nSPS) is 29.1. The molecule has 0 saturated heterocycles. The molecular weight excluding hydrogens is 675 g/mol. The molecule has 0 aliphatic heterocycles. The van der Waals surface area contributed by atoms with Gasteiger partial charge in [0.25, 0.3) is 0 Å². The van der Waals surface area contributed by atoms with Crippen molar-refractivity contribution >= 4 is 17.6 Å². The molecule has 3 fully saturated rings. The lowest BCUT2D eigenvalue weighted by atomic mass is 9.47. The Morgan fingerprint density at radius 3 is 2.13 bits per heavy atom. The first-order chi connectivity index (χ1) is 26.5. The van der Waals surface area contributed by atoms with Crippen LogP contribution in [0.3, 0.4) is 0 Å². The number of unbranched alkanes of at least 4 members (excludes halogenated alkanes) is 7. The van der Waals surface area contributed by atoms with Gasteiger partial charge in [-0.25, -0.2) is 4.79 Å². The molecule has 4 aliphatic carbocycles. The van der Waals surface area contributed by atoms with Crippen LogP contribution in [0.15, 0.2) is 60.2 Å². The molecule has 1 unspecified atom stereocenters. The maximum absolute atomic E-state index is 13.4. The summed E-state index contributed by atoms with van der Waals surface area (Å²) in [6, 6.07) is 15.8. The van der Waals surface area contributed by atoms with Gasteiger partial charge in [-0.1, -0.05) is 142 Å². The summed E-state index contributed by atoms with van der Waals surface area (Å²) in [4.78, 5) is 25.9. The summed E-state index contributed by atoms with van der Waals surface area (Å²) in [5.74, 6) is 4.88. The van der Waals surface area contributed by atoms with Gasteiger partial charge in [0.1, 0.15) is 6.10 Å². The van der Waals surface area contributed by atoms with Crippen molar-refractivity contribution in [2.75, 3.05) is 5.32 Å². The number of carbonyl (C=O) groups excluding carboxylic acids is 2. The SMILES string of the molecule is CCCCCCCCCCC(=O)Nc1ccc(-c2ccc(C(=O)OC3CC[C@@]4(C)C(=CC[C@H]5[C@@H]6CC[C@H]([C@H](C)CCCC(C)C)[C@@]6(C)CC[C@@H]54)C3)cc2)cc1. The molecule has 302 valence electrons. The molecule has 4 aliphatic rings. The van der Waals surface area contributed by atoms with E-state index in [-0.39, 0.29) is 23.4 Å². The second-order valence-corrected chi connectivity index (χ2v) is 19.5. The van der Waals surface area contributed by atoms with E-state index in [0.717, 1.165) is 84.4 Å². The molecule has 0 bridgehead atoms. The van der Waals surface area contributed by atoms with E-state index in [0.29, 0.717) is 17.4 Å². The van der Waals surface area contributed by atoms with Gasteiger partial charge < -0.3 is 10.1 Å². The highest BCUT2D eigenvalue weighted by Crippen LogP contribution is 2.67. The Kier molecular flexibility index (Phi) is 14.5. The Hall–Kier alpha value is -2.88. The Bertz CT molecular complexity index is 1570. The highest BCUT2D eigenvalue weighted by molar-refractivity contribution is 5.91. The minimum absolute atomic E-state index is 0.0437. The molecule has 0 heterocycles. The standard InChI is InChI=1S/C51H75NO3/c1-7-8-9-10-11-12-13-14-18-48(53)52-42-26-23-39(24-27-42)38-19-21-40(22-20-38)49(54)55-43-31-33-50(5)41(35-43)25-28-44-46-30-29-45(37(4)17-15-16-36(2)3)51(46,6)34-32-47(44)50/h19-27,36-37,43-47H,7-18,28-35H2,1-6H3,(H,52,53)/t37-,43?,44+,45-,46+,47+,50+,51-/m1/s1. The molecular formula is C51H75NO3. The van der Waals surface area contributed by atoms with Gasteiger partial charge in [-0.05, 0) is 133 Å². The minimum atomic E-state index is -0.211. The zero-order chi connectivity index (χ0) is 39.0. The van der Waals surface area contributed by atoms with Crippen LogP contribution in [0.5, 0.6) is 0 Å². The maximum Gasteiger partial charge on any atom is 0.338 e. The number of benzene rings is 2. The number of rotatable bonds is 18. The van der Waals surface area contributed by atoms with Gasteiger partial charge in [-0.15, -0.1) is 0 Å². The lowest BCUT2D eigenvalue weighted by Gasteiger charge is -2.58. The fourth-order valence-corrected chi connectivity index (χ4v) is 12.2. The molecule has 2 aromatic rings. The first-order valence-corrected chi connectivity index (χ1v) is 22.9. The van der Waals surface area contributed by atoms with Gasteiger partial charge in [0.05, 0.1) is 5.56 Å². The van der Waals surface area contributed by atoms with E-state index in [1.54, 1.807) is 5.57 Å². The van der Waals surface area contributed by atoms with E-state index in [9.17, 15) is 9.59 Å². The summed E-state index contributed by atoms with van der Waals surface area (Å²) >= 11 is 0. The van der Waals surface area contributed by atoms with E-state index >= 15 is 0 Å². The molecule has 8 atom stereocenters. The molecule has 0 spiro atoms. The number of carbonyl (C=O) groups is 2. The Balaban J connectivity index is 0.967. The molecule has 0 radical (unpaired) electrons. The second-order valence-electron chi connectivity index (χ2n) is 19.5. The predicted molar refractivity (Wildman–Crippen MR) is 230 cm³/mol. The average Bonchev–Trinajstić information content (AvgIpc) is 3.53. The van der Waals surface area contributed by atoms with Gasteiger partial charge in [0, 0.05) is 18.5 Å². The van der Waals surface area contributed by atoms with E-state index < -0.39 is 0 Å². The molecule has 3 saturated carbocycles. The molecule has 4 nitrogen and oxygen atoms in total. The molecule has 1 N–H and O–H groups in total. The summed E-state index contributed by atoms with van der Waals surface area (Å²) in [7, 11) is 0. The third-order valence-corrected chi connectivity index (χ3v) is 15.4. The highest BCUT2D eigenvalue weighted by atomic mass is 16.5. The Morgan fingerprint density at radius 1 is 0.764 bits per heavy atom. The second kappa shape index (κ2) is 19.0. The summed E-state index contributed by atoms with van der Waals surface area (Å²) in [5, 5.41) is 3.05. The summed E-state index contributed by atoms with van der Waals surface area (Å²) in [6.45, 7) is 14.8. The molecule has 4 heteroatoms. The third kappa shape index (κ3) is 9.99. The number of esters is 1. The van der Waals surface area contributed by atoms with Crippen LogP contribution in [0.2, 0.25) is 0 Å². The molecule has 6 rings (SSSR count). The third-order valence-electron chi connectivity index (χ3n) is 15.4. The van der Waals surface area contributed by atoms with E-state index in [2.05, 4.69) is 52.9 Å². The van der Waals surface area contributed by atoms with Crippen LogP contribution in [0.1, 0.15) is 180 Å². The monoisotopic (exact) mass is 750 g/mol. The minimum Gasteiger partial charge on any atom is -0.458 e. The van der Waals surface area contributed by atoms with Crippen molar-refractivity contribution in [2.45, 2.75) is 176 Å². The predicted octanol–water partition coefficient (Wildman–Crippen LogP) is 14.4. The van der Waals surface area contributed by atoms with Gasteiger partial charge in [0.2, 0.25) is 5.91 Å². The number of hydrogen-bond acceptors (Lipinski definition) is 3. The van der Waals surface area contributed by atoms with Gasteiger partial charge in [-0.3, -0.25) is 4.79 Å². The van der Waals surface area contributed by atoms with Crippen LogP contribution < -0.4 is 5.32 Å². The zero-order valence-electron chi connectivity index (χ0n) is 35.6. The zero-order valence-corrected chi connectivity index (χ0v) is 35.6. The van der Waals surface area contributed by atoms with E-state index in [1.165, 1.54) is 89.9 Å². The Morgan fingerprint density at radius 2 is 1.44 bits per heavy atom. The van der Waals surface area contributed by atoms with E-state index in [1.807, 2.05) is 48.5 Å². The van der Waals surface area contributed by atoms with Crippen molar-refractivity contribution < 1.29 is 14.3 Å². The number of ether oxygens (including phenoxy) is 1. The quantitative estimate of drug-likeness (QED) is 0.0938. The van der Waals surface area contributed by atoms with Crippen molar-refractivity contribution in [1.82, 2.24) is 0 Å². The van der Waals surface area contributed by atoms with Crippen molar-refractivity contribution in [3.8, 4) is 11.1 Å². The van der Waals surface area contributed by atoms with Crippen molar-refractivity contribution in [3.63, 3.8) is 0 Å². The van der Waals surface area contributed by atoms with Crippen LogP contribution in [0.25, 0.3) is 11.1 Å². The Labute approximate surface area is 335 Å². The largest absolute Gasteiger partial charge is 0.458 e. The number of fused-ring (bicyclic) bond motifs is 5. The number of allylic oxidation sites excluding steroid dienone is 1. The molecule has 1 amide bonds.